The molecule has 1 aromatic rings. The molecular formula is C28H34F6O2. The Morgan fingerprint density at radius 2 is 1.53 bits per heavy atom. The van der Waals surface area contributed by atoms with Crippen LogP contribution >= 0.6 is 0 Å². The second-order valence-corrected chi connectivity index (χ2v) is 10.4. The van der Waals surface area contributed by atoms with Crippen molar-refractivity contribution in [1.82, 2.24) is 0 Å². The molecule has 0 aliphatic heterocycles. The van der Waals surface area contributed by atoms with Crippen molar-refractivity contribution in [3.63, 3.8) is 0 Å². The van der Waals surface area contributed by atoms with Crippen LogP contribution in [0.2, 0.25) is 0 Å². The Morgan fingerprint density at radius 1 is 0.944 bits per heavy atom. The van der Waals surface area contributed by atoms with Crippen LogP contribution < -0.4 is 0 Å². The molecule has 1 aromatic carbocycles. The molecule has 3 aliphatic carbocycles. The predicted octanol–water partition coefficient (Wildman–Crippen LogP) is 8.94. The second-order valence-electron chi connectivity index (χ2n) is 10.4. The standard InChI is InChI=1S/C28H34F6O2/c1-2-18-3-5-19(6-4-18)20-7-9-21(10-8-20)22-11-13-23(14-12-22)28(33,34)35-24-15-16-27(32,25(29)17-24)36-26(30)31/h11-21,25-26H,2-10H2,1H3. The van der Waals surface area contributed by atoms with Crippen molar-refractivity contribution in [2.75, 3.05) is 0 Å². The molecule has 0 heterocycles. The largest absolute Gasteiger partial charge is 0.429 e. The third-order valence-corrected chi connectivity index (χ3v) is 8.30. The van der Waals surface area contributed by atoms with Crippen LogP contribution in [-0.2, 0) is 15.6 Å². The molecular weight excluding hydrogens is 482 g/mol. The van der Waals surface area contributed by atoms with E-state index < -0.39 is 36.1 Å². The number of hydrogen-bond donors (Lipinski definition) is 0. The lowest BCUT2D eigenvalue weighted by atomic mass is 9.68. The van der Waals surface area contributed by atoms with Gasteiger partial charge in [-0.05, 0) is 98.1 Å². The zero-order valence-electron chi connectivity index (χ0n) is 20.5. The number of halogens is 6. The van der Waals surface area contributed by atoms with Crippen LogP contribution in [0.3, 0.4) is 0 Å². The average Bonchev–Trinajstić information content (AvgIpc) is 2.86. The van der Waals surface area contributed by atoms with Gasteiger partial charge in [-0.2, -0.15) is 17.6 Å². The second kappa shape index (κ2) is 11.2. The molecule has 36 heavy (non-hydrogen) atoms. The van der Waals surface area contributed by atoms with E-state index in [9.17, 15) is 26.3 Å². The van der Waals surface area contributed by atoms with E-state index in [4.69, 9.17) is 0 Å². The summed E-state index contributed by atoms with van der Waals surface area (Å²) in [6.45, 7) is -1.29. The van der Waals surface area contributed by atoms with Crippen LogP contribution in [-0.4, -0.2) is 18.6 Å². The lowest BCUT2D eigenvalue weighted by Crippen LogP contribution is -2.38. The Kier molecular flexibility index (Phi) is 8.42. The first-order valence-electron chi connectivity index (χ1n) is 13.0. The van der Waals surface area contributed by atoms with E-state index in [-0.39, 0.29) is 0 Å². The van der Waals surface area contributed by atoms with Crippen molar-refractivity contribution < 1.29 is 35.8 Å². The Balaban J connectivity index is 1.31. The highest BCUT2D eigenvalue weighted by Crippen LogP contribution is 2.45. The molecule has 0 N–H and O–H groups in total. The Labute approximate surface area is 208 Å². The summed E-state index contributed by atoms with van der Waals surface area (Å²) in [5.41, 5.74) is 0.577. The maximum absolute atomic E-state index is 14.7. The third-order valence-electron chi connectivity index (χ3n) is 8.30. The van der Waals surface area contributed by atoms with Crippen molar-refractivity contribution in [3.05, 3.63) is 59.4 Å². The maximum atomic E-state index is 14.7. The van der Waals surface area contributed by atoms with Gasteiger partial charge < -0.3 is 4.74 Å². The molecule has 8 heteroatoms. The fourth-order valence-electron chi connectivity index (χ4n) is 6.06. The molecule has 0 aromatic heterocycles. The van der Waals surface area contributed by atoms with E-state index >= 15 is 0 Å². The summed E-state index contributed by atoms with van der Waals surface area (Å²) in [6, 6.07) is 5.92. The lowest BCUT2D eigenvalue weighted by molar-refractivity contribution is -0.256. The van der Waals surface area contributed by atoms with Gasteiger partial charge in [-0.1, -0.05) is 38.3 Å². The van der Waals surface area contributed by atoms with Gasteiger partial charge in [-0.25, -0.2) is 8.78 Å². The zero-order chi connectivity index (χ0) is 25.9. The van der Waals surface area contributed by atoms with E-state index in [0.29, 0.717) is 24.1 Å². The summed E-state index contributed by atoms with van der Waals surface area (Å²) < 4.78 is 90.2. The van der Waals surface area contributed by atoms with Gasteiger partial charge in [-0.3, -0.25) is 4.74 Å². The molecule has 200 valence electrons. The minimum Gasteiger partial charge on any atom is -0.429 e. The SMILES string of the molecule is CCC1CCC(C2CCC(c3ccc(C(F)(F)OC4=CC(F)C(F)(OC(F)F)C=C4)cc3)CC2)CC1. The first-order valence-corrected chi connectivity index (χ1v) is 13.0. The molecule has 0 saturated heterocycles. The van der Waals surface area contributed by atoms with E-state index in [2.05, 4.69) is 16.4 Å². The monoisotopic (exact) mass is 516 g/mol. The van der Waals surface area contributed by atoms with Crippen LogP contribution in [0.5, 0.6) is 0 Å². The molecule has 2 atom stereocenters. The van der Waals surface area contributed by atoms with Gasteiger partial charge in [0.15, 0.2) is 6.17 Å². The molecule has 0 spiro atoms. The average molecular weight is 517 g/mol. The molecule has 0 radical (unpaired) electrons. The number of ether oxygens (including phenoxy) is 2. The van der Waals surface area contributed by atoms with E-state index in [1.807, 2.05) is 0 Å². The first-order chi connectivity index (χ1) is 17.1. The van der Waals surface area contributed by atoms with E-state index in [1.54, 1.807) is 12.1 Å². The quantitative estimate of drug-likeness (QED) is 0.321. The number of allylic oxidation sites excluding steroid dienone is 1. The Morgan fingerprint density at radius 3 is 2.06 bits per heavy atom. The third kappa shape index (κ3) is 6.29. The van der Waals surface area contributed by atoms with Crippen molar-refractivity contribution in [2.45, 2.75) is 95.4 Å². The van der Waals surface area contributed by atoms with Crippen LogP contribution in [0, 0.1) is 17.8 Å². The van der Waals surface area contributed by atoms with E-state index in [0.717, 1.165) is 36.2 Å². The van der Waals surface area contributed by atoms with Crippen LogP contribution in [0.4, 0.5) is 26.3 Å². The van der Waals surface area contributed by atoms with Gasteiger partial charge in [0, 0.05) is 0 Å². The molecule has 2 saturated carbocycles. The van der Waals surface area contributed by atoms with Gasteiger partial charge in [0.1, 0.15) is 5.76 Å². The number of hydrogen-bond acceptors (Lipinski definition) is 2. The normalized spacial score (nSPS) is 33.4. The number of benzene rings is 1. The molecule has 0 amide bonds. The predicted molar refractivity (Wildman–Crippen MR) is 125 cm³/mol. The van der Waals surface area contributed by atoms with Crippen molar-refractivity contribution in [3.8, 4) is 0 Å². The topological polar surface area (TPSA) is 18.5 Å². The maximum Gasteiger partial charge on any atom is 0.426 e. The molecule has 3 aliphatic rings. The van der Waals surface area contributed by atoms with E-state index in [1.165, 1.54) is 57.1 Å². The minimum absolute atomic E-state index is 0.310. The summed E-state index contributed by atoms with van der Waals surface area (Å²) in [7, 11) is 0. The molecule has 2 fully saturated rings. The van der Waals surface area contributed by atoms with Gasteiger partial charge in [0.25, 0.3) is 5.85 Å². The van der Waals surface area contributed by atoms with Crippen molar-refractivity contribution in [2.24, 2.45) is 17.8 Å². The molecule has 2 nitrogen and oxygen atoms in total. The highest BCUT2D eigenvalue weighted by Gasteiger charge is 2.44. The minimum atomic E-state index is -3.82. The van der Waals surface area contributed by atoms with Crippen LogP contribution in [0.15, 0.2) is 48.3 Å². The molecule has 0 bridgehead atoms. The molecule has 4 rings (SSSR count). The fraction of sp³-hybridized carbons (Fsp3) is 0.643. The molecule has 2 unspecified atom stereocenters. The summed E-state index contributed by atoms with van der Waals surface area (Å²) in [6.07, 6.45) is 5.85. The van der Waals surface area contributed by atoms with Gasteiger partial charge in [0.2, 0.25) is 0 Å². The van der Waals surface area contributed by atoms with Crippen LogP contribution in [0.1, 0.15) is 81.8 Å². The summed E-state index contributed by atoms with van der Waals surface area (Å²) in [5, 5.41) is 0. The number of alkyl halides is 6. The van der Waals surface area contributed by atoms with Gasteiger partial charge >= 0.3 is 12.7 Å². The summed E-state index contributed by atoms with van der Waals surface area (Å²) >= 11 is 0. The highest BCUT2D eigenvalue weighted by atomic mass is 19.3. The Hall–Kier alpha value is -1.96. The van der Waals surface area contributed by atoms with Crippen molar-refractivity contribution in [1.29, 1.82) is 0 Å². The zero-order valence-corrected chi connectivity index (χ0v) is 20.5. The fourth-order valence-corrected chi connectivity index (χ4v) is 6.06. The van der Waals surface area contributed by atoms with Gasteiger partial charge in [-0.15, -0.1) is 0 Å². The summed E-state index contributed by atoms with van der Waals surface area (Å²) in [4.78, 5) is 0. The van der Waals surface area contributed by atoms with Gasteiger partial charge in [0.05, 0.1) is 5.56 Å². The smallest absolute Gasteiger partial charge is 0.426 e. The lowest BCUT2D eigenvalue weighted by Gasteiger charge is -2.38. The van der Waals surface area contributed by atoms with Crippen molar-refractivity contribution >= 4 is 0 Å². The Bertz CT molecular complexity index is 914. The number of rotatable bonds is 8. The van der Waals surface area contributed by atoms with Crippen LogP contribution in [0.25, 0.3) is 0 Å². The first kappa shape index (κ1) is 27.1. The highest BCUT2D eigenvalue weighted by molar-refractivity contribution is 5.30. The summed E-state index contributed by atoms with van der Waals surface area (Å²) in [5.74, 6) is -1.30.